The van der Waals surface area contributed by atoms with Crippen molar-refractivity contribution < 1.29 is 4.39 Å². The molecule has 0 N–H and O–H groups in total. The van der Waals surface area contributed by atoms with E-state index in [0.29, 0.717) is 0 Å². The van der Waals surface area contributed by atoms with Crippen LogP contribution in [0, 0.1) is 0 Å². The van der Waals surface area contributed by atoms with Crippen LogP contribution in [0.2, 0.25) is 0 Å². The number of halogens is 1. The van der Waals surface area contributed by atoms with Gasteiger partial charge in [-0.15, -0.1) is 0 Å². The Balaban J connectivity index is 2.83. The Morgan fingerprint density at radius 3 is 2.43 bits per heavy atom. The SMILES string of the molecule is CCCC(S)C[19F]. The van der Waals surface area contributed by atoms with Crippen LogP contribution >= 0.6 is 12.6 Å². The van der Waals surface area contributed by atoms with E-state index in [1.165, 1.54) is 0 Å². The number of rotatable bonds is 3. The van der Waals surface area contributed by atoms with Crippen LogP contribution in [0.3, 0.4) is 0 Å². The molecule has 0 aromatic rings. The first-order valence-corrected chi connectivity index (χ1v) is 3.07. The molecule has 0 nitrogen and oxygen atoms in total. The fraction of sp³-hybridized carbons (Fsp3) is 1.00. The molecule has 0 saturated carbocycles. The van der Waals surface area contributed by atoms with Gasteiger partial charge in [-0.05, 0) is 6.42 Å². The van der Waals surface area contributed by atoms with E-state index in [1.54, 1.807) is 0 Å². The molecule has 0 aliphatic rings. The molecule has 0 amide bonds. The van der Waals surface area contributed by atoms with Crippen molar-refractivity contribution in [2.45, 2.75) is 25.0 Å². The zero-order valence-electron chi connectivity index (χ0n) is 4.52. The fourth-order valence-electron chi connectivity index (χ4n) is 0.410. The van der Waals surface area contributed by atoms with Crippen molar-refractivity contribution in [1.82, 2.24) is 0 Å². The van der Waals surface area contributed by atoms with Gasteiger partial charge in [0.1, 0.15) is 6.67 Å². The van der Waals surface area contributed by atoms with E-state index in [4.69, 9.17) is 0 Å². The minimum atomic E-state index is -0.295. The van der Waals surface area contributed by atoms with Gasteiger partial charge in [0.2, 0.25) is 0 Å². The van der Waals surface area contributed by atoms with Gasteiger partial charge in [-0.3, -0.25) is 0 Å². The van der Waals surface area contributed by atoms with E-state index >= 15 is 0 Å². The third-order valence-electron chi connectivity index (χ3n) is 0.800. The van der Waals surface area contributed by atoms with Crippen molar-refractivity contribution in [3.05, 3.63) is 0 Å². The second-order valence-electron chi connectivity index (χ2n) is 1.60. The van der Waals surface area contributed by atoms with E-state index in [-0.39, 0.29) is 11.9 Å². The van der Waals surface area contributed by atoms with E-state index in [9.17, 15) is 4.39 Å². The molecule has 0 aromatic carbocycles. The number of thiol groups is 1. The minimum Gasteiger partial charge on any atom is -0.250 e. The van der Waals surface area contributed by atoms with Gasteiger partial charge in [0.05, 0.1) is 0 Å². The molecule has 0 rings (SSSR count). The highest BCUT2D eigenvalue weighted by molar-refractivity contribution is 7.81. The monoisotopic (exact) mass is 122 g/mol. The maximum Gasteiger partial charge on any atom is 0.101 e. The van der Waals surface area contributed by atoms with Crippen LogP contribution in [-0.4, -0.2) is 11.9 Å². The van der Waals surface area contributed by atoms with Crippen LogP contribution in [0.1, 0.15) is 19.8 Å². The molecule has 1 unspecified atom stereocenters. The standard InChI is InChI=1S/C5H11FS/c1-2-3-5(7)4-6/h5,7H,2-4H2,1H3/i6+0. The molecule has 0 heterocycles. The maximum atomic E-state index is 11.5. The molecule has 0 radical (unpaired) electrons. The van der Waals surface area contributed by atoms with Crippen molar-refractivity contribution in [3.63, 3.8) is 0 Å². The fourth-order valence-corrected chi connectivity index (χ4v) is 0.669. The van der Waals surface area contributed by atoms with Crippen molar-refractivity contribution in [2.24, 2.45) is 0 Å². The second-order valence-corrected chi connectivity index (χ2v) is 2.33. The highest BCUT2D eigenvalue weighted by Gasteiger charge is 1.96. The van der Waals surface area contributed by atoms with Crippen LogP contribution in [0.15, 0.2) is 0 Å². The van der Waals surface area contributed by atoms with Gasteiger partial charge < -0.3 is 0 Å². The van der Waals surface area contributed by atoms with Gasteiger partial charge in [0.25, 0.3) is 0 Å². The lowest BCUT2D eigenvalue weighted by Gasteiger charge is -1.99. The van der Waals surface area contributed by atoms with Gasteiger partial charge in [-0.2, -0.15) is 12.6 Å². The summed E-state index contributed by atoms with van der Waals surface area (Å²) in [6, 6.07) is 0. The topological polar surface area (TPSA) is 0 Å². The Kier molecular flexibility index (Phi) is 4.62. The van der Waals surface area contributed by atoms with E-state index < -0.39 is 0 Å². The summed E-state index contributed by atoms with van der Waals surface area (Å²) < 4.78 is 11.5. The lowest BCUT2D eigenvalue weighted by atomic mass is 10.3. The van der Waals surface area contributed by atoms with E-state index in [1.807, 2.05) is 6.92 Å². The minimum absolute atomic E-state index is 0.0231. The van der Waals surface area contributed by atoms with Gasteiger partial charge in [0, 0.05) is 5.25 Å². The molecule has 7 heavy (non-hydrogen) atoms. The van der Waals surface area contributed by atoms with Crippen molar-refractivity contribution in [3.8, 4) is 0 Å². The first-order valence-electron chi connectivity index (χ1n) is 2.55. The average Bonchev–Trinajstić information content (AvgIpc) is 1.68. The third kappa shape index (κ3) is 4.13. The Morgan fingerprint density at radius 2 is 2.29 bits per heavy atom. The molecule has 0 aliphatic carbocycles. The van der Waals surface area contributed by atoms with E-state index in [2.05, 4.69) is 12.6 Å². The number of hydrogen-bond acceptors (Lipinski definition) is 1. The quantitative estimate of drug-likeness (QED) is 0.544. The Labute approximate surface area is 49.5 Å². The van der Waals surface area contributed by atoms with Gasteiger partial charge in [0.15, 0.2) is 0 Å². The molecule has 1 atom stereocenters. The molecular weight excluding hydrogens is 111 g/mol. The summed E-state index contributed by atoms with van der Waals surface area (Å²) in [6.45, 7) is 1.73. The van der Waals surface area contributed by atoms with Gasteiger partial charge >= 0.3 is 0 Å². The van der Waals surface area contributed by atoms with Gasteiger partial charge in [-0.25, -0.2) is 4.39 Å². The van der Waals surface area contributed by atoms with Gasteiger partial charge in [-0.1, -0.05) is 13.3 Å². The third-order valence-corrected chi connectivity index (χ3v) is 1.20. The molecule has 0 aromatic heterocycles. The van der Waals surface area contributed by atoms with E-state index in [0.717, 1.165) is 12.8 Å². The number of alkyl halides is 1. The number of hydrogen-bond donors (Lipinski definition) is 1. The lowest BCUT2D eigenvalue weighted by molar-refractivity contribution is 0.471. The summed E-state index contributed by atoms with van der Waals surface area (Å²) in [5, 5.41) is -0.0231. The van der Waals surface area contributed by atoms with Crippen molar-refractivity contribution >= 4 is 12.6 Å². The molecule has 2 heteroatoms. The summed E-state index contributed by atoms with van der Waals surface area (Å²) in [7, 11) is 0. The maximum absolute atomic E-state index is 11.5. The molecule has 0 bridgehead atoms. The van der Waals surface area contributed by atoms with Crippen LogP contribution in [0.4, 0.5) is 4.39 Å². The smallest absolute Gasteiger partial charge is 0.101 e. The van der Waals surface area contributed by atoms with Crippen molar-refractivity contribution in [2.75, 3.05) is 6.67 Å². The van der Waals surface area contributed by atoms with Crippen LogP contribution in [0.5, 0.6) is 0 Å². The summed E-state index contributed by atoms with van der Waals surface area (Å²) in [4.78, 5) is 0. The second kappa shape index (κ2) is 4.44. The Hall–Kier alpha value is 0.280. The zero-order valence-corrected chi connectivity index (χ0v) is 5.42. The molecule has 0 aliphatic heterocycles. The first-order chi connectivity index (χ1) is 3.31. The summed E-state index contributed by atoms with van der Waals surface area (Å²) >= 11 is 3.94. The van der Waals surface area contributed by atoms with Crippen LogP contribution in [0.25, 0.3) is 0 Å². The first kappa shape index (κ1) is 7.28. The molecule has 44 valence electrons. The molecule has 0 fully saturated rings. The lowest BCUT2D eigenvalue weighted by Crippen LogP contribution is -1.98. The Bertz CT molecular complexity index is 39.1. The highest BCUT2D eigenvalue weighted by Crippen LogP contribution is 2.03. The summed E-state index contributed by atoms with van der Waals surface area (Å²) in [6.07, 6.45) is 1.91. The zero-order chi connectivity index (χ0) is 5.70. The molecular formula is C5H11FS. The Morgan fingerprint density at radius 1 is 1.71 bits per heavy atom. The predicted octanol–water partition coefficient (Wildman–Crippen LogP) is 2.05. The summed E-state index contributed by atoms with van der Waals surface area (Å²) in [5.74, 6) is 0. The largest absolute Gasteiger partial charge is 0.250 e. The summed E-state index contributed by atoms with van der Waals surface area (Å²) in [5.41, 5.74) is 0. The van der Waals surface area contributed by atoms with Crippen LogP contribution < -0.4 is 0 Å². The molecule has 0 spiro atoms. The van der Waals surface area contributed by atoms with Crippen molar-refractivity contribution in [1.29, 1.82) is 0 Å². The predicted molar refractivity (Wildman–Crippen MR) is 33.7 cm³/mol. The normalized spacial score (nSPS) is 14.1. The highest BCUT2D eigenvalue weighted by atomic mass is 32.1. The molecule has 0 saturated heterocycles. The average molecular weight is 122 g/mol. The van der Waals surface area contributed by atoms with Crippen LogP contribution in [-0.2, 0) is 0 Å².